The van der Waals surface area contributed by atoms with Gasteiger partial charge in [-0.15, -0.1) is 0 Å². The van der Waals surface area contributed by atoms with Crippen molar-refractivity contribution in [1.29, 1.82) is 0 Å². The van der Waals surface area contributed by atoms with E-state index in [1.54, 1.807) is 0 Å². The van der Waals surface area contributed by atoms with Crippen LogP contribution in [0.15, 0.2) is 0 Å². The van der Waals surface area contributed by atoms with E-state index in [2.05, 4.69) is 17.1 Å². The van der Waals surface area contributed by atoms with Gasteiger partial charge in [0.05, 0.1) is 6.54 Å². The van der Waals surface area contributed by atoms with E-state index in [1.165, 1.54) is 0 Å². The fourth-order valence-electron chi connectivity index (χ4n) is 2.07. The molecular formula is C9H16N2O2. The maximum Gasteiger partial charge on any atom is 0.320 e. The summed E-state index contributed by atoms with van der Waals surface area (Å²) in [6.45, 7) is 5.22. The fourth-order valence-corrected chi connectivity index (χ4v) is 2.07. The van der Waals surface area contributed by atoms with Gasteiger partial charge in [0.2, 0.25) is 0 Å². The molecule has 1 N–H and O–H groups in total. The predicted octanol–water partition coefficient (Wildman–Crippen LogP) is -0.404. The van der Waals surface area contributed by atoms with Gasteiger partial charge in [-0.2, -0.15) is 0 Å². The number of nitrogens with zero attached hydrogens (tertiary/aromatic N) is 1. The largest absolute Gasteiger partial charge is 0.463 e. The van der Waals surface area contributed by atoms with Gasteiger partial charge in [0.1, 0.15) is 6.61 Å². The number of carbonyl (C=O) groups excluding carboxylic acids is 1. The lowest BCUT2D eigenvalue weighted by Crippen LogP contribution is -2.51. The van der Waals surface area contributed by atoms with Crippen LogP contribution >= 0.6 is 0 Å². The number of carbonyl (C=O) groups is 1. The van der Waals surface area contributed by atoms with E-state index >= 15 is 0 Å². The van der Waals surface area contributed by atoms with Crippen LogP contribution in [-0.2, 0) is 9.53 Å². The fraction of sp³-hybridized carbons (Fsp3) is 0.889. The van der Waals surface area contributed by atoms with Crippen molar-refractivity contribution >= 4 is 5.97 Å². The molecule has 2 heterocycles. The molecule has 0 spiro atoms. The van der Waals surface area contributed by atoms with E-state index in [4.69, 9.17) is 4.74 Å². The lowest BCUT2D eigenvalue weighted by Gasteiger charge is -2.36. The third-order valence-corrected chi connectivity index (χ3v) is 2.87. The molecule has 2 aliphatic heterocycles. The molecule has 13 heavy (non-hydrogen) atoms. The Kier molecular flexibility index (Phi) is 2.51. The van der Waals surface area contributed by atoms with Crippen molar-refractivity contribution in [2.45, 2.75) is 25.4 Å². The Morgan fingerprint density at radius 1 is 1.62 bits per heavy atom. The summed E-state index contributed by atoms with van der Waals surface area (Å²) in [6, 6.07) is 0.908. The van der Waals surface area contributed by atoms with Crippen molar-refractivity contribution in [3.63, 3.8) is 0 Å². The second kappa shape index (κ2) is 3.64. The van der Waals surface area contributed by atoms with E-state index in [9.17, 15) is 4.79 Å². The van der Waals surface area contributed by atoms with E-state index < -0.39 is 0 Å². The van der Waals surface area contributed by atoms with Gasteiger partial charge in [-0.3, -0.25) is 9.69 Å². The topological polar surface area (TPSA) is 41.6 Å². The summed E-state index contributed by atoms with van der Waals surface area (Å²) in [5.74, 6) is -0.0787. The monoisotopic (exact) mass is 184 g/mol. The first-order valence-electron chi connectivity index (χ1n) is 4.89. The minimum atomic E-state index is -0.0787. The second-order valence-corrected chi connectivity index (χ2v) is 3.85. The zero-order valence-corrected chi connectivity index (χ0v) is 7.95. The van der Waals surface area contributed by atoms with Gasteiger partial charge in [0.25, 0.3) is 0 Å². The van der Waals surface area contributed by atoms with Crippen molar-refractivity contribution in [3.05, 3.63) is 0 Å². The first-order chi connectivity index (χ1) is 6.27. The quantitative estimate of drug-likeness (QED) is 0.563. The number of esters is 1. The zero-order chi connectivity index (χ0) is 9.26. The highest BCUT2D eigenvalue weighted by Crippen LogP contribution is 2.15. The maximum absolute atomic E-state index is 11.1. The third-order valence-electron chi connectivity index (χ3n) is 2.87. The highest BCUT2D eigenvalue weighted by Gasteiger charge is 2.31. The number of ether oxygens (including phenoxy) is 1. The Balaban J connectivity index is 1.98. The predicted molar refractivity (Wildman–Crippen MR) is 48.4 cm³/mol. The highest BCUT2D eigenvalue weighted by molar-refractivity contribution is 5.72. The molecule has 2 unspecified atom stereocenters. The van der Waals surface area contributed by atoms with Crippen LogP contribution in [0.2, 0.25) is 0 Å². The molecule has 2 fully saturated rings. The summed E-state index contributed by atoms with van der Waals surface area (Å²) in [6.07, 6.45) is 1.15. The van der Waals surface area contributed by atoms with E-state index in [0.29, 0.717) is 25.2 Å². The molecule has 74 valence electrons. The number of hydrogen-bond donors (Lipinski definition) is 1. The standard InChI is InChI=1S/C9H16N2O2/c1-7-6-13-9(12)5-11(7)8-2-3-10-4-8/h7-8,10H,2-6H2,1H3. The van der Waals surface area contributed by atoms with Crippen LogP contribution in [0.4, 0.5) is 0 Å². The van der Waals surface area contributed by atoms with Crippen LogP contribution in [0.1, 0.15) is 13.3 Å². The van der Waals surface area contributed by atoms with E-state index in [0.717, 1.165) is 19.5 Å². The lowest BCUT2D eigenvalue weighted by molar-refractivity contribution is -0.155. The van der Waals surface area contributed by atoms with Gasteiger partial charge in [0.15, 0.2) is 0 Å². The van der Waals surface area contributed by atoms with Crippen molar-refractivity contribution < 1.29 is 9.53 Å². The minimum Gasteiger partial charge on any atom is -0.463 e. The van der Waals surface area contributed by atoms with Crippen LogP contribution in [0.5, 0.6) is 0 Å². The van der Waals surface area contributed by atoms with Crippen LogP contribution < -0.4 is 5.32 Å². The third kappa shape index (κ3) is 1.84. The summed E-state index contributed by atoms with van der Waals surface area (Å²) >= 11 is 0. The van der Waals surface area contributed by atoms with Crippen molar-refractivity contribution in [1.82, 2.24) is 10.2 Å². The molecule has 0 bridgehead atoms. The molecule has 4 nitrogen and oxygen atoms in total. The molecule has 0 aromatic heterocycles. The van der Waals surface area contributed by atoms with Crippen LogP contribution in [0.25, 0.3) is 0 Å². The first-order valence-corrected chi connectivity index (χ1v) is 4.89. The lowest BCUT2D eigenvalue weighted by atomic mass is 10.1. The molecular weight excluding hydrogens is 168 g/mol. The zero-order valence-electron chi connectivity index (χ0n) is 7.95. The smallest absolute Gasteiger partial charge is 0.320 e. The van der Waals surface area contributed by atoms with Crippen molar-refractivity contribution in [2.24, 2.45) is 0 Å². The first kappa shape index (κ1) is 8.97. The number of cyclic esters (lactones) is 1. The van der Waals surface area contributed by atoms with Crippen LogP contribution in [0, 0.1) is 0 Å². The molecule has 4 heteroatoms. The molecule has 2 saturated heterocycles. The number of hydrogen-bond acceptors (Lipinski definition) is 4. The molecule has 0 amide bonds. The Labute approximate surface area is 78.2 Å². The van der Waals surface area contributed by atoms with Gasteiger partial charge in [0, 0.05) is 18.6 Å². The van der Waals surface area contributed by atoms with Gasteiger partial charge in [-0.1, -0.05) is 0 Å². The average Bonchev–Trinajstić information content (AvgIpc) is 2.61. The summed E-state index contributed by atoms with van der Waals surface area (Å²) in [7, 11) is 0. The Morgan fingerprint density at radius 3 is 3.15 bits per heavy atom. The number of morpholine rings is 1. The molecule has 2 rings (SSSR count). The average molecular weight is 184 g/mol. The van der Waals surface area contributed by atoms with Gasteiger partial charge >= 0.3 is 5.97 Å². The summed E-state index contributed by atoms with van der Waals surface area (Å²) in [5.41, 5.74) is 0. The second-order valence-electron chi connectivity index (χ2n) is 3.85. The maximum atomic E-state index is 11.1. The molecule has 0 saturated carbocycles. The van der Waals surface area contributed by atoms with Gasteiger partial charge < -0.3 is 10.1 Å². The van der Waals surface area contributed by atoms with E-state index in [1.807, 2.05) is 0 Å². The highest BCUT2D eigenvalue weighted by atomic mass is 16.5. The molecule has 0 aromatic rings. The Hall–Kier alpha value is -0.610. The molecule has 2 aliphatic rings. The number of nitrogens with one attached hydrogen (secondary N) is 1. The summed E-state index contributed by atoms with van der Waals surface area (Å²) in [4.78, 5) is 13.3. The Bertz CT molecular complexity index is 202. The van der Waals surface area contributed by atoms with Crippen LogP contribution in [-0.4, -0.2) is 49.2 Å². The molecule has 0 aromatic carbocycles. The molecule has 2 atom stereocenters. The van der Waals surface area contributed by atoms with E-state index in [-0.39, 0.29) is 5.97 Å². The van der Waals surface area contributed by atoms with Crippen molar-refractivity contribution in [2.75, 3.05) is 26.2 Å². The van der Waals surface area contributed by atoms with Crippen molar-refractivity contribution in [3.8, 4) is 0 Å². The Morgan fingerprint density at radius 2 is 2.46 bits per heavy atom. The van der Waals surface area contributed by atoms with Gasteiger partial charge in [-0.25, -0.2) is 0 Å². The SMILES string of the molecule is CC1COC(=O)CN1C1CCNC1. The molecule has 0 aliphatic carbocycles. The van der Waals surface area contributed by atoms with Gasteiger partial charge in [-0.05, 0) is 19.9 Å². The summed E-state index contributed by atoms with van der Waals surface area (Å²) < 4.78 is 4.98. The molecule has 0 radical (unpaired) electrons. The van der Waals surface area contributed by atoms with Crippen LogP contribution in [0.3, 0.4) is 0 Å². The summed E-state index contributed by atoms with van der Waals surface area (Å²) in [5, 5.41) is 3.31. The number of rotatable bonds is 1. The normalized spacial score (nSPS) is 36.2. The minimum absolute atomic E-state index is 0.0787.